The summed E-state index contributed by atoms with van der Waals surface area (Å²) in [6.07, 6.45) is 0.822. The Labute approximate surface area is 182 Å². The van der Waals surface area contributed by atoms with Crippen molar-refractivity contribution in [1.29, 1.82) is 0 Å². The highest BCUT2D eigenvalue weighted by Gasteiger charge is 2.34. The van der Waals surface area contributed by atoms with Crippen LogP contribution in [0.25, 0.3) is 0 Å². The van der Waals surface area contributed by atoms with Crippen molar-refractivity contribution in [2.24, 2.45) is 5.10 Å². The number of nitrogens with zero attached hydrogens (tertiary/aromatic N) is 3. The SMILES string of the molecule is CCC(=O)N(CCOC)CC(=O)N1N=C(c2ccc(F)cc2)C[C@H]1c1ccc(C)cc1. The summed E-state index contributed by atoms with van der Waals surface area (Å²) in [4.78, 5) is 27.1. The first kappa shape index (κ1) is 22.6. The number of hydrazone groups is 1. The molecule has 7 heteroatoms. The van der Waals surface area contributed by atoms with Gasteiger partial charge in [0.05, 0.1) is 18.4 Å². The minimum Gasteiger partial charge on any atom is -0.383 e. The summed E-state index contributed by atoms with van der Waals surface area (Å²) in [6, 6.07) is 13.8. The molecule has 0 aromatic heterocycles. The van der Waals surface area contributed by atoms with Crippen LogP contribution in [0, 0.1) is 12.7 Å². The molecule has 0 spiro atoms. The summed E-state index contributed by atoms with van der Waals surface area (Å²) in [5, 5.41) is 6.06. The molecule has 0 saturated carbocycles. The number of aryl methyl sites for hydroxylation is 1. The van der Waals surface area contributed by atoms with Gasteiger partial charge < -0.3 is 9.64 Å². The van der Waals surface area contributed by atoms with E-state index in [9.17, 15) is 14.0 Å². The van der Waals surface area contributed by atoms with Crippen LogP contribution in [0.5, 0.6) is 0 Å². The van der Waals surface area contributed by atoms with Gasteiger partial charge in [-0.15, -0.1) is 0 Å². The predicted molar refractivity (Wildman–Crippen MR) is 117 cm³/mol. The first-order chi connectivity index (χ1) is 14.9. The van der Waals surface area contributed by atoms with Crippen LogP contribution in [-0.2, 0) is 14.3 Å². The summed E-state index contributed by atoms with van der Waals surface area (Å²) in [7, 11) is 1.56. The van der Waals surface area contributed by atoms with E-state index in [0.717, 1.165) is 16.7 Å². The molecule has 6 nitrogen and oxygen atoms in total. The van der Waals surface area contributed by atoms with Crippen LogP contribution in [0.2, 0.25) is 0 Å². The fourth-order valence-corrected chi connectivity index (χ4v) is 3.56. The molecule has 0 unspecified atom stereocenters. The molecule has 164 valence electrons. The average molecular weight is 426 g/mol. The zero-order chi connectivity index (χ0) is 22.4. The van der Waals surface area contributed by atoms with E-state index in [-0.39, 0.29) is 30.2 Å². The number of carbonyl (C=O) groups excluding carboxylic acids is 2. The third-order valence-electron chi connectivity index (χ3n) is 5.35. The van der Waals surface area contributed by atoms with Gasteiger partial charge in [0.2, 0.25) is 5.91 Å². The van der Waals surface area contributed by atoms with Crippen molar-refractivity contribution in [2.75, 3.05) is 26.8 Å². The third kappa shape index (κ3) is 5.55. The normalized spacial score (nSPS) is 15.7. The second kappa shape index (κ2) is 10.3. The van der Waals surface area contributed by atoms with Gasteiger partial charge in [0.25, 0.3) is 5.91 Å². The summed E-state index contributed by atoms with van der Waals surface area (Å²) < 4.78 is 18.4. The molecule has 1 heterocycles. The van der Waals surface area contributed by atoms with Gasteiger partial charge in [-0.05, 0) is 30.2 Å². The Morgan fingerprint density at radius 1 is 1.16 bits per heavy atom. The lowest BCUT2D eigenvalue weighted by molar-refractivity contribution is -0.141. The van der Waals surface area contributed by atoms with E-state index < -0.39 is 0 Å². The minimum atomic E-state index is -0.322. The van der Waals surface area contributed by atoms with E-state index in [2.05, 4.69) is 5.10 Å². The minimum absolute atomic E-state index is 0.0708. The van der Waals surface area contributed by atoms with E-state index in [1.165, 1.54) is 22.0 Å². The Kier molecular flexibility index (Phi) is 7.52. The fourth-order valence-electron chi connectivity index (χ4n) is 3.56. The van der Waals surface area contributed by atoms with Crippen LogP contribution in [-0.4, -0.2) is 54.2 Å². The van der Waals surface area contributed by atoms with E-state index in [0.29, 0.717) is 31.7 Å². The first-order valence-corrected chi connectivity index (χ1v) is 10.4. The Morgan fingerprint density at radius 2 is 1.84 bits per heavy atom. The van der Waals surface area contributed by atoms with Crippen molar-refractivity contribution in [3.63, 3.8) is 0 Å². The van der Waals surface area contributed by atoms with Crippen molar-refractivity contribution in [3.8, 4) is 0 Å². The number of halogens is 1. The van der Waals surface area contributed by atoms with Crippen molar-refractivity contribution in [1.82, 2.24) is 9.91 Å². The standard InChI is InChI=1S/C24H28FN3O3/c1-4-23(29)27(13-14-31-3)16-24(30)28-22(19-7-5-17(2)6-8-19)15-21(26-28)18-9-11-20(25)12-10-18/h5-12,22H,4,13-16H2,1-3H3/t22-/m0/s1. The first-order valence-electron chi connectivity index (χ1n) is 10.4. The molecule has 0 aliphatic carbocycles. The summed E-state index contributed by atoms with van der Waals surface area (Å²) in [6.45, 7) is 4.39. The van der Waals surface area contributed by atoms with E-state index in [4.69, 9.17) is 4.74 Å². The molecule has 2 aromatic carbocycles. The van der Waals surface area contributed by atoms with Gasteiger partial charge in [-0.3, -0.25) is 9.59 Å². The molecule has 2 aromatic rings. The van der Waals surface area contributed by atoms with Crippen molar-refractivity contribution in [3.05, 3.63) is 71.0 Å². The van der Waals surface area contributed by atoms with E-state index in [1.54, 1.807) is 26.2 Å². The van der Waals surface area contributed by atoms with Gasteiger partial charge in [0, 0.05) is 26.5 Å². The fraction of sp³-hybridized carbons (Fsp3) is 0.375. The van der Waals surface area contributed by atoms with Crippen LogP contribution in [0.1, 0.15) is 42.5 Å². The molecule has 3 rings (SSSR count). The van der Waals surface area contributed by atoms with Crippen molar-refractivity contribution < 1.29 is 18.7 Å². The molecule has 31 heavy (non-hydrogen) atoms. The number of rotatable bonds is 8. The second-order valence-electron chi connectivity index (χ2n) is 7.58. The van der Waals surface area contributed by atoms with Gasteiger partial charge in [0.15, 0.2) is 0 Å². The Morgan fingerprint density at radius 3 is 2.45 bits per heavy atom. The third-order valence-corrected chi connectivity index (χ3v) is 5.35. The molecule has 0 radical (unpaired) electrons. The van der Waals surface area contributed by atoms with Gasteiger partial charge in [-0.1, -0.05) is 48.9 Å². The maximum Gasteiger partial charge on any atom is 0.262 e. The topological polar surface area (TPSA) is 62.2 Å². The quantitative estimate of drug-likeness (QED) is 0.648. The summed E-state index contributed by atoms with van der Waals surface area (Å²) >= 11 is 0. The molecule has 0 saturated heterocycles. The van der Waals surface area contributed by atoms with E-state index in [1.807, 2.05) is 31.2 Å². The smallest absolute Gasteiger partial charge is 0.262 e. The highest BCUT2D eigenvalue weighted by atomic mass is 19.1. The molecule has 1 atom stereocenters. The van der Waals surface area contributed by atoms with Gasteiger partial charge >= 0.3 is 0 Å². The Bertz CT molecular complexity index is 942. The number of hydrogen-bond acceptors (Lipinski definition) is 4. The highest BCUT2D eigenvalue weighted by Crippen LogP contribution is 2.33. The van der Waals surface area contributed by atoms with Gasteiger partial charge in [-0.25, -0.2) is 9.40 Å². The molecule has 2 amide bonds. The summed E-state index contributed by atoms with van der Waals surface area (Å²) in [5.74, 6) is -0.697. The monoisotopic (exact) mass is 425 g/mol. The maximum absolute atomic E-state index is 13.4. The number of benzene rings is 2. The molecule has 0 fully saturated rings. The number of carbonyl (C=O) groups is 2. The number of ether oxygens (including phenoxy) is 1. The zero-order valence-corrected chi connectivity index (χ0v) is 18.2. The lowest BCUT2D eigenvalue weighted by atomic mass is 9.97. The van der Waals surface area contributed by atoms with Gasteiger partial charge in [-0.2, -0.15) is 5.10 Å². The largest absolute Gasteiger partial charge is 0.383 e. The highest BCUT2D eigenvalue weighted by molar-refractivity contribution is 6.03. The van der Waals surface area contributed by atoms with E-state index >= 15 is 0 Å². The predicted octanol–water partition coefficient (Wildman–Crippen LogP) is 3.70. The molecule has 1 aliphatic heterocycles. The molecule has 1 aliphatic rings. The zero-order valence-electron chi connectivity index (χ0n) is 18.2. The van der Waals surface area contributed by atoms with Crippen molar-refractivity contribution in [2.45, 2.75) is 32.7 Å². The Balaban J connectivity index is 1.88. The van der Waals surface area contributed by atoms with Crippen LogP contribution < -0.4 is 0 Å². The van der Waals surface area contributed by atoms with Crippen LogP contribution in [0.15, 0.2) is 53.6 Å². The number of amides is 2. The maximum atomic E-state index is 13.4. The molecule has 0 bridgehead atoms. The van der Waals surface area contributed by atoms with Crippen LogP contribution >= 0.6 is 0 Å². The van der Waals surface area contributed by atoms with Crippen LogP contribution in [0.4, 0.5) is 4.39 Å². The average Bonchev–Trinajstić information content (AvgIpc) is 3.22. The summed E-state index contributed by atoms with van der Waals surface area (Å²) in [5.41, 5.74) is 3.57. The molecule has 0 N–H and O–H groups in total. The van der Waals surface area contributed by atoms with Gasteiger partial charge in [0.1, 0.15) is 12.4 Å². The molecular formula is C24H28FN3O3. The molecular weight excluding hydrogens is 397 g/mol. The van der Waals surface area contributed by atoms with Crippen molar-refractivity contribution >= 4 is 17.5 Å². The number of methoxy groups -OCH3 is 1. The second-order valence-corrected chi connectivity index (χ2v) is 7.58. The lowest BCUT2D eigenvalue weighted by Crippen LogP contribution is -2.42. The lowest BCUT2D eigenvalue weighted by Gasteiger charge is -2.26. The van der Waals surface area contributed by atoms with Crippen LogP contribution in [0.3, 0.4) is 0 Å². The Hall–Kier alpha value is -3.06. The number of hydrogen-bond donors (Lipinski definition) is 0.